The van der Waals surface area contributed by atoms with E-state index >= 15 is 0 Å². The van der Waals surface area contributed by atoms with Gasteiger partial charge in [-0.2, -0.15) is 0 Å². The third-order valence-corrected chi connectivity index (χ3v) is 2.25. The Balaban J connectivity index is 2.54. The predicted octanol–water partition coefficient (Wildman–Crippen LogP) is 2.14. The highest BCUT2D eigenvalue weighted by Crippen LogP contribution is 2.09. The number of hydrogen-bond donors (Lipinski definition) is 1. The largest absolute Gasteiger partial charge is 0.356 e. The van der Waals surface area contributed by atoms with Gasteiger partial charge in [-0.25, -0.2) is 4.39 Å². The lowest BCUT2D eigenvalue weighted by Crippen LogP contribution is -2.29. The lowest BCUT2D eigenvalue weighted by molar-refractivity contribution is -0.124. The van der Waals surface area contributed by atoms with Gasteiger partial charge in [-0.3, -0.25) is 4.79 Å². The Labute approximate surface area is 89.5 Å². The molecule has 15 heavy (non-hydrogen) atoms. The maximum atomic E-state index is 12.6. The van der Waals surface area contributed by atoms with Crippen molar-refractivity contribution in [2.45, 2.75) is 20.3 Å². The van der Waals surface area contributed by atoms with Crippen molar-refractivity contribution >= 4 is 5.91 Å². The number of hydrogen-bond acceptors (Lipinski definition) is 1. The number of amides is 1. The molecule has 0 spiro atoms. The molecule has 0 bridgehead atoms. The van der Waals surface area contributed by atoms with E-state index in [1.807, 2.05) is 13.8 Å². The van der Waals surface area contributed by atoms with Crippen LogP contribution in [0.15, 0.2) is 24.3 Å². The molecule has 0 heterocycles. The Kier molecular flexibility index (Phi) is 4.28. The molecule has 1 N–H and O–H groups in total. The first-order chi connectivity index (χ1) is 7.13. The van der Waals surface area contributed by atoms with Gasteiger partial charge in [0.2, 0.25) is 5.91 Å². The van der Waals surface area contributed by atoms with Gasteiger partial charge in [0.05, 0.1) is 0 Å². The molecule has 3 heteroatoms. The maximum absolute atomic E-state index is 12.6. The smallest absolute Gasteiger partial charge is 0.223 e. The average Bonchev–Trinajstić information content (AvgIpc) is 2.22. The summed E-state index contributed by atoms with van der Waals surface area (Å²) in [6.45, 7) is 4.41. The van der Waals surface area contributed by atoms with Gasteiger partial charge in [0.25, 0.3) is 0 Å². The van der Waals surface area contributed by atoms with Gasteiger partial charge in [-0.05, 0) is 31.0 Å². The zero-order valence-corrected chi connectivity index (χ0v) is 9.09. The summed E-state index contributed by atoms with van der Waals surface area (Å²) in [5.41, 5.74) is 0.982. The third kappa shape index (κ3) is 3.70. The van der Waals surface area contributed by atoms with Gasteiger partial charge < -0.3 is 5.32 Å². The fraction of sp³-hybridized carbons (Fsp3) is 0.417. The quantitative estimate of drug-likeness (QED) is 0.808. The zero-order chi connectivity index (χ0) is 11.3. The lowest BCUT2D eigenvalue weighted by atomic mass is 10.0. The van der Waals surface area contributed by atoms with Crippen LogP contribution in [-0.2, 0) is 11.2 Å². The number of rotatable bonds is 4. The van der Waals surface area contributed by atoms with Gasteiger partial charge in [0, 0.05) is 12.5 Å². The molecule has 1 unspecified atom stereocenters. The van der Waals surface area contributed by atoms with Gasteiger partial charge in [0.1, 0.15) is 5.82 Å². The Hall–Kier alpha value is -1.38. The van der Waals surface area contributed by atoms with Crippen LogP contribution in [0.1, 0.15) is 19.4 Å². The van der Waals surface area contributed by atoms with E-state index < -0.39 is 0 Å². The van der Waals surface area contributed by atoms with E-state index in [0.717, 1.165) is 5.56 Å². The molecule has 0 aliphatic heterocycles. The fourth-order valence-corrected chi connectivity index (χ4v) is 1.42. The molecule has 82 valence electrons. The fourth-order valence-electron chi connectivity index (χ4n) is 1.42. The molecule has 0 fully saturated rings. The van der Waals surface area contributed by atoms with Crippen molar-refractivity contribution in [2.75, 3.05) is 6.54 Å². The van der Waals surface area contributed by atoms with Crippen molar-refractivity contribution < 1.29 is 9.18 Å². The van der Waals surface area contributed by atoms with Crippen LogP contribution in [0.25, 0.3) is 0 Å². The molecule has 1 aromatic rings. The van der Waals surface area contributed by atoms with Crippen molar-refractivity contribution in [2.24, 2.45) is 5.92 Å². The molecule has 0 aliphatic carbocycles. The highest BCUT2D eigenvalue weighted by atomic mass is 19.1. The number of benzene rings is 1. The lowest BCUT2D eigenvalue weighted by Gasteiger charge is -2.10. The van der Waals surface area contributed by atoms with E-state index in [-0.39, 0.29) is 17.6 Å². The van der Waals surface area contributed by atoms with Crippen LogP contribution < -0.4 is 5.32 Å². The van der Waals surface area contributed by atoms with Crippen LogP contribution in [0, 0.1) is 11.7 Å². The summed E-state index contributed by atoms with van der Waals surface area (Å²) < 4.78 is 12.6. The second kappa shape index (κ2) is 5.49. The van der Waals surface area contributed by atoms with Crippen LogP contribution in [-0.4, -0.2) is 12.5 Å². The standard InChI is InChI=1S/C12H16FNO/c1-3-14-12(15)9(2)8-10-4-6-11(13)7-5-10/h4-7,9H,3,8H2,1-2H3,(H,14,15). The minimum absolute atomic E-state index is 0.0434. The summed E-state index contributed by atoms with van der Waals surface area (Å²) >= 11 is 0. The van der Waals surface area contributed by atoms with E-state index in [4.69, 9.17) is 0 Å². The molecule has 1 atom stereocenters. The van der Waals surface area contributed by atoms with Crippen molar-refractivity contribution in [1.82, 2.24) is 5.32 Å². The Morgan fingerprint density at radius 2 is 2.00 bits per heavy atom. The molecule has 1 rings (SSSR count). The van der Waals surface area contributed by atoms with Crippen LogP contribution in [0.3, 0.4) is 0 Å². The van der Waals surface area contributed by atoms with Gasteiger partial charge in [0.15, 0.2) is 0 Å². The SMILES string of the molecule is CCNC(=O)C(C)Cc1ccc(F)cc1. The molecular weight excluding hydrogens is 193 g/mol. The summed E-state index contributed by atoms with van der Waals surface area (Å²) in [6.07, 6.45) is 0.645. The zero-order valence-electron chi connectivity index (χ0n) is 9.09. The van der Waals surface area contributed by atoms with Crippen LogP contribution in [0.5, 0.6) is 0 Å². The minimum Gasteiger partial charge on any atom is -0.356 e. The molecule has 1 aromatic carbocycles. The summed E-state index contributed by atoms with van der Waals surface area (Å²) in [4.78, 5) is 11.4. The monoisotopic (exact) mass is 209 g/mol. The van der Waals surface area contributed by atoms with E-state index in [0.29, 0.717) is 13.0 Å². The van der Waals surface area contributed by atoms with Gasteiger partial charge >= 0.3 is 0 Å². The van der Waals surface area contributed by atoms with E-state index in [1.54, 1.807) is 12.1 Å². The predicted molar refractivity (Wildman–Crippen MR) is 58.0 cm³/mol. The summed E-state index contributed by atoms with van der Waals surface area (Å²) in [6, 6.07) is 6.26. The summed E-state index contributed by atoms with van der Waals surface area (Å²) in [5, 5.41) is 2.76. The highest BCUT2D eigenvalue weighted by Gasteiger charge is 2.11. The number of nitrogens with one attached hydrogen (secondary N) is 1. The highest BCUT2D eigenvalue weighted by molar-refractivity contribution is 5.78. The van der Waals surface area contributed by atoms with Crippen molar-refractivity contribution in [3.05, 3.63) is 35.6 Å². The number of halogens is 1. The summed E-state index contributed by atoms with van der Waals surface area (Å²) in [7, 11) is 0. The molecule has 1 amide bonds. The van der Waals surface area contributed by atoms with Gasteiger partial charge in [-0.15, -0.1) is 0 Å². The Morgan fingerprint density at radius 3 is 2.53 bits per heavy atom. The molecule has 0 aromatic heterocycles. The molecule has 0 aliphatic rings. The van der Waals surface area contributed by atoms with Crippen molar-refractivity contribution in [1.29, 1.82) is 0 Å². The molecule has 0 saturated carbocycles. The normalized spacial score (nSPS) is 12.2. The topological polar surface area (TPSA) is 29.1 Å². The number of carbonyl (C=O) groups is 1. The summed E-state index contributed by atoms with van der Waals surface area (Å²) in [5.74, 6) is -0.276. The third-order valence-electron chi connectivity index (χ3n) is 2.25. The molecular formula is C12H16FNO. The molecule has 0 saturated heterocycles. The first-order valence-corrected chi connectivity index (χ1v) is 5.15. The van der Waals surface area contributed by atoms with Crippen molar-refractivity contribution in [3.63, 3.8) is 0 Å². The van der Waals surface area contributed by atoms with Crippen LogP contribution in [0.2, 0.25) is 0 Å². The van der Waals surface area contributed by atoms with E-state index in [2.05, 4.69) is 5.32 Å². The molecule has 2 nitrogen and oxygen atoms in total. The second-order valence-corrected chi connectivity index (χ2v) is 3.63. The Morgan fingerprint density at radius 1 is 1.40 bits per heavy atom. The van der Waals surface area contributed by atoms with Gasteiger partial charge in [-0.1, -0.05) is 19.1 Å². The Bertz CT molecular complexity index is 321. The first-order valence-electron chi connectivity index (χ1n) is 5.15. The van der Waals surface area contributed by atoms with E-state index in [1.165, 1.54) is 12.1 Å². The average molecular weight is 209 g/mol. The maximum Gasteiger partial charge on any atom is 0.223 e. The first kappa shape index (κ1) is 11.7. The van der Waals surface area contributed by atoms with Crippen LogP contribution >= 0.6 is 0 Å². The van der Waals surface area contributed by atoms with Crippen LogP contribution in [0.4, 0.5) is 4.39 Å². The second-order valence-electron chi connectivity index (χ2n) is 3.63. The van der Waals surface area contributed by atoms with Crippen molar-refractivity contribution in [3.8, 4) is 0 Å². The molecule has 0 radical (unpaired) electrons. The minimum atomic E-state index is -0.246. The van der Waals surface area contributed by atoms with E-state index in [9.17, 15) is 9.18 Å². The number of carbonyl (C=O) groups excluding carboxylic acids is 1.